The fraction of sp³-hybridized carbons (Fsp3) is 0.477. The van der Waals surface area contributed by atoms with Gasteiger partial charge in [-0.05, 0) is 50.3 Å². The van der Waals surface area contributed by atoms with E-state index in [2.05, 4.69) is 25.9 Å². The van der Waals surface area contributed by atoms with Gasteiger partial charge in [-0.25, -0.2) is 14.2 Å². The summed E-state index contributed by atoms with van der Waals surface area (Å²) in [4.78, 5) is 108. The number of anilines is 5. The Kier molecular flexibility index (Phi) is 11.7. The molecule has 0 bridgehead atoms. The number of hydrogen-bond acceptors (Lipinski definition) is 13. The van der Waals surface area contributed by atoms with Crippen molar-refractivity contribution in [2.24, 2.45) is 0 Å². The van der Waals surface area contributed by atoms with Crippen molar-refractivity contribution >= 4 is 70.3 Å². The first-order chi connectivity index (χ1) is 31.6. The summed E-state index contributed by atoms with van der Waals surface area (Å²) in [6, 6.07) is 5.34. The van der Waals surface area contributed by atoms with E-state index in [1.54, 1.807) is 21.9 Å². The minimum Gasteiger partial charge on any atom is -0.495 e. The molecule has 4 fully saturated rings. The molecule has 9 rings (SSSR count). The third-order valence-corrected chi connectivity index (χ3v) is 13.4. The van der Waals surface area contributed by atoms with E-state index < -0.39 is 59.8 Å². The number of methoxy groups -OCH3 is 1. The quantitative estimate of drug-likeness (QED) is 0.278. The third kappa shape index (κ3) is 8.05. The van der Waals surface area contributed by atoms with E-state index in [1.165, 1.54) is 37.4 Å². The molecule has 1 unspecified atom stereocenters. The molecule has 6 heterocycles. The highest BCUT2D eigenvalue weighted by atomic mass is 19.3. The van der Waals surface area contributed by atoms with Gasteiger partial charge in [0.25, 0.3) is 23.6 Å². The molecular weight excluding hydrogens is 868 g/mol. The highest BCUT2D eigenvalue weighted by Gasteiger charge is 2.49. The normalized spacial score (nSPS) is 21.5. The molecule has 22 heteroatoms. The highest BCUT2D eigenvalue weighted by molar-refractivity contribution is 6.25. The number of imide groups is 2. The van der Waals surface area contributed by atoms with Crippen LogP contribution in [-0.2, 0) is 14.4 Å². The Hall–Kier alpha value is -7.00. The number of fused-ring (bicyclic) bond motifs is 2. The molecule has 3 aromatic rings. The number of ether oxygens (including phenoxy) is 1. The molecule has 1 atom stereocenters. The van der Waals surface area contributed by atoms with Gasteiger partial charge in [0.15, 0.2) is 5.82 Å². The van der Waals surface area contributed by atoms with Gasteiger partial charge in [-0.1, -0.05) is 18.9 Å². The van der Waals surface area contributed by atoms with E-state index in [1.807, 2.05) is 4.90 Å². The Labute approximate surface area is 376 Å². The summed E-state index contributed by atoms with van der Waals surface area (Å²) < 4.78 is 51.4. The topological polar surface area (TPSA) is 210 Å². The van der Waals surface area contributed by atoms with Crippen molar-refractivity contribution in [3.8, 4) is 5.75 Å². The lowest BCUT2D eigenvalue weighted by Gasteiger charge is -2.40. The van der Waals surface area contributed by atoms with Gasteiger partial charge in [0, 0.05) is 70.9 Å². The van der Waals surface area contributed by atoms with Crippen molar-refractivity contribution in [3.63, 3.8) is 0 Å². The summed E-state index contributed by atoms with van der Waals surface area (Å²) in [5.74, 6) is -8.76. The molecule has 8 amide bonds. The molecular formula is C44H48F3N11O8. The number of nitrogens with one attached hydrogen (secondary N) is 3. The lowest BCUT2D eigenvalue weighted by Crippen LogP contribution is -2.55. The van der Waals surface area contributed by atoms with Gasteiger partial charge < -0.3 is 39.9 Å². The second kappa shape index (κ2) is 17.4. The molecule has 0 spiro atoms. The number of carbonyl (C=O) groups excluding carboxylic acids is 7. The molecule has 6 aliphatic rings. The predicted molar refractivity (Wildman–Crippen MR) is 231 cm³/mol. The summed E-state index contributed by atoms with van der Waals surface area (Å²) in [6.45, 7) is 1.23. The number of likely N-dealkylation sites (tertiary alicyclic amines) is 1. The van der Waals surface area contributed by atoms with Gasteiger partial charge in [0.2, 0.25) is 17.8 Å². The number of piperazine rings is 1. The van der Waals surface area contributed by atoms with Crippen molar-refractivity contribution in [2.75, 3.05) is 80.0 Å². The van der Waals surface area contributed by atoms with E-state index in [-0.39, 0.29) is 76.5 Å². The summed E-state index contributed by atoms with van der Waals surface area (Å²) in [5.41, 5.74) is 0.795. The van der Waals surface area contributed by atoms with Crippen LogP contribution in [0.25, 0.3) is 0 Å². The van der Waals surface area contributed by atoms with Crippen molar-refractivity contribution < 1.29 is 51.5 Å². The van der Waals surface area contributed by atoms with Crippen molar-refractivity contribution in [3.05, 3.63) is 59.0 Å². The maximum absolute atomic E-state index is 15.7. The van der Waals surface area contributed by atoms with Crippen LogP contribution in [-0.4, -0.2) is 150 Å². The number of alkyl halides is 2. The van der Waals surface area contributed by atoms with Crippen LogP contribution in [0, 0.1) is 5.82 Å². The number of nitrogens with zero attached hydrogens (tertiary/aromatic N) is 8. The molecule has 1 saturated carbocycles. The van der Waals surface area contributed by atoms with Gasteiger partial charge >= 0.3 is 12.0 Å². The van der Waals surface area contributed by atoms with Gasteiger partial charge in [-0.3, -0.25) is 39.0 Å². The number of amides is 8. The predicted octanol–water partition coefficient (Wildman–Crippen LogP) is 3.27. The first kappa shape index (κ1) is 44.2. The van der Waals surface area contributed by atoms with Gasteiger partial charge in [0.1, 0.15) is 23.3 Å². The lowest BCUT2D eigenvalue weighted by molar-refractivity contribution is -0.140. The first-order valence-electron chi connectivity index (χ1n) is 22.0. The Balaban J connectivity index is 0.798. The molecule has 3 saturated heterocycles. The highest BCUT2D eigenvalue weighted by Crippen LogP contribution is 2.41. The Morgan fingerprint density at radius 3 is 2.30 bits per heavy atom. The Morgan fingerprint density at radius 2 is 1.61 bits per heavy atom. The molecule has 1 aromatic heterocycles. The molecule has 0 radical (unpaired) electrons. The number of rotatable bonds is 8. The summed E-state index contributed by atoms with van der Waals surface area (Å²) in [7, 11) is 2.58. The summed E-state index contributed by atoms with van der Waals surface area (Å²) in [5, 5.41) is 7.97. The fourth-order valence-electron chi connectivity index (χ4n) is 9.80. The van der Waals surface area contributed by atoms with E-state index in [4.69, 9.17) is 4.74 Å². The molecule has 5 aliphatic heterocycles. The maximum Gasteiger partial charge on any atom is 0.342 e. The van der Waals surface area contributed by atoms with Crippen LogP contribution >= 0.6 is 0 Å². The van der Waals surface area contributed by atoms with Crippen molar-refractivity contribution in [1.82, 2.24) is 35.3 Å². The number of urea groups is 1. The Bertz CT molecular complexity index is 2520. The number of hydrogen-bond donors (Lipinski definition) is 3. The second-order valence-corrected chi connectivity index (χ2v) is 17.3. The average Bonchev–Trinajstić information content (AvgIpc) is 3.92. The van der Waals surface area contributed by atoms with Crippen LogP contribution < -0.4 is 35.4 Å². The zero-order valence-corrected chi connectivity index (χ0v) is 36.3. The zero-order valence-electron chi connectivity index (χ0n) is 36.3. The maximum atomic E-state index is 15.7. The van der Waals surface area contributed by atoms with E-state index in [0.29, 0.717) is 70.6 Å². The standard InChI is InChI=1S/C44H48F3N11O8/c1-53-32-22-48-42(52-36(32)57(25-6-3-4-7-25)23-44(46,47)41(53)64)50-29-21-28(45)27(20-33(29)66-2)37(60)49-24-12-14-55(15-13-24)43(65)56-18-16-54(17-19-56)30-9-5-8-26-35(30)40(63)58(39(26)62)31-10-11-34(59)51-38(31)61/h5,8-9,20-22,24-25,31H,3-4,6-7,10-19,23H2,1-2H3,(H,49,60)(H,48,50,52)(H,51,59,61). The van der Waals surface area contributed by atoms with Crippen LogP contribution in [0.15, 0.2) is 36.5 Å². The molecule has 19 nitrogen and oxygen atoms in total. The van der Waals surface area contributed by atoms with Crippen LogP contribution in [0.1, 0.15) is 82.4 Å². The smallest absolute Gasteiger partial charge is 0.342 e. The van der Waals surface area contributed by atoms with Gasteiger partial charge in [0.05, 0.1) is 47.9 Å². The van der Waals surface area contributed by atoms with Crippen LogP contribution in [0.2, 0.25) is 0 Å². The third-order valence-electron chi connectivity index (χ3n) is 13.4. The minimum atomic E-state index is -3.66. The van der Waals surface area contributed by atoms with Gasteiger partial charge in [-0.15, -0.1) is 0 Å². The monoisotopic (exact) mass is 915 g/mol. The van der Waals surface area contributed by atoms with Crippen LogP contribution in [0.3, 0.4) is 0 Å². The van der Waals surface area contributed by atoms with Crippen LogP contribution in [0.4, 0.5) is 46.8 Å². The largest absolute Gasteiger partial charge is 0.495 e. The number of halogens is 3. The molecule has 348 valence electrons. The van der Waals surface area contributed by atoms with Gasteiger partial charge in [-0.2, -0.15) is 13.8 Å². The molecule has 3 N–H and O–H groups in total. The van der Waals surface area contributed by atoms with Crippen molar-refractivity contribution in [2.45, 2.75) is 75.4 Å². The van der Waals surface area contributed by atoms with E-state index >= 15 is 13.2 Å². The minimum absolute atomic E-state index is 0.0143. The van der Waals surface area contributed by atoms with E-state index in [0.717, 1.165) is 28.7 Å². The number of aromatic nitrogens is 2. The molecule has 2 aromatic carbocycles. The first-order valence-corrected chi connectivity index (χ1v) is 22.0. The second-order valence-electron chi connectivity index (χ2n) is 17.3. The molecule has 1 aliphatic carbocycles. The zero-order chi connectivity index (χ0) is 46.6. The summed E-state index contributed by atoms with van der Waals surface area (Å²) >= 11 is 0. The summed E-state index contributed by atoms with van der Waals surface area (Å²) in [6.07, 6.45) is 5.17. The number of carbonyl (C=O) groups is 7. The number of piperidine rings is 2. The number of benzene rings is 2. The molecule has 66 heavy (non-hydrogen) atoms. The average molecular weight is 916 g/mol. The van der Waals surface area contributed by atoms with Crippen LogP contribution in [0.5, 0.6) is 5.75 Å². The Morgan fingerprint density at radius 1 is 0.894 bits per heavy atom. The van der Waals surface area contributed by atoms with E-state index in [9.17, 15) is 33.6 Å². The lowest BCUT2D eigenvalue weighted by atomic mass is 10.0. The van der Waals surface area contributed by atoms with Crippen molar-refractivity contribution in [1.29, 1.82) is 0 Å². The SMILES string of the molecule is COc1cc(C(=O)NC2CCN(C(=O)N3CCN(c4cccc5c4C(=O)N(C4CCC(=O)NC4=O)C5=O)CC3)CC2)c(F)cc1Nc1ncc2c(n1)N(C1CCCC1)CC(F)(F)C(=O)N2C. The fourth-order valence-corrected chi connectivity index (χ4v) is 9.80.